The van der Waals surface area contributed by atoms with Crippen LogP contribution in [0.2, 0.25) is 0 Å². The van der Waals surface area contributed by atoms with Crippen LogP contribution in [0.25, 0.3) is 0 Å². The van der Waals surface area contributed by atoms with Crippen LogP contribution < -0.4 is 5.32 Å². The minimum absolute atomic E-state index is 0.0349. The molecule has 0 bridgehead atoms. The average molecular weight is 405 g/mol. The summed E-state index contributed by atoms with van der Waals surface area (Å²) in [6, 6.07) is 13.6. The molecule has 3 nitrogen and oxygen atoms in total. The quantitative estimate of drug-likeness (QED) is 0.594. The van der Waals surface area contributed by atoms with Gasteiger partial charge in [0.1, 0.15) is 5.82 Å². The van der Waals surface area contributed by atoms with E-state index in [-0.39, 0.29) is 11.6 Å². The molecule has 1 aromatic heterocycles. The molecule has 0 radical (unpaired) electrons. The Morgan fingerprint density at radius 3 is 2.50 bits per heavy atom. The zero-order valence-electron chi connectivity index (χ0n) is 12.8. The van der Waals surface area contributed by atoms with E-state index >= 15 is 0 Å². The molecule has 3 aromatic rings. The Bertz CT molecular complexity index is 860. The first-order valence-electron chi connectivity index (χ1n) is 7.29. The predicted octanol–water partition coefficient (Wildman–Crippen LogP) is 5.20. The summed E-state index contributed by atoms with van der Waals surface area (Å²) in [7, 11) is 0. The molecule has 1 N–H and O–H groups in total. The van der Waals surface area contributed by atoms with Gasteiger partial charge in [-0.2, -0.15) is 0 Å². The number of nitrogens with zero attached hydrogens (tertiary/aromatic N) is 1. The van der Waals surface area contributed by atoms with Gasteiger partial charge in [0, 0.05) is 16.6 Å². The summed E-state index contributed by atoms with van der Waals surface area (Å²) in [6.45, 7) is 2.35. The number of aromatic nitrogens is 1. The van der Waals surface area contributed by atoms with Gasteiger partial charge in [-0.3, -0.25) is 4.79 Å². The molecule has 122 valence electrons. The first-order valence-corrected chi connectivity index (χ1v) is 8.90. The lowest BCUT2D eigenvalue weighted by atomic mass is 10.1. The van der Waals surface area contributed by atoms with Crippen molar-refractivity contribution < 1.29 is 9.18 Å². The van der Waals surface area contributed by atoms with Gasteiger partial charge < -0.3 is 5.32 Å². The highest BCUT2D eigenvalue weighted by molar-refractivity contribution is 9.10. The van der Waals surface area contributed by atoms with Crippen LogP contribution in [0.3, 0.4) is 0 Å². The van der Waals surface area contributed by atoms with E-state index in [1.807, 2.05) is 19.1 Å². The fourth-order valence-electron chi connectivity index (χ4n) is 2.19. The van der Waals surface area contributed by atoms with Gasteiger partial charge in [0.05, 0.1) is 10.6 Å². The summed E-state index contributed by atoms with van der Waals surface area (Å²) in [6.07, 6.45) is 0. The second-order valence-electron chi connectivity index (χ2n) is 5.25. The molecule has 0 spiro atoms. The maximum absolute atomic E-state index is 12.9. The summed E-state index contributed by atoms with van der Waals surface area (Å²) in [5.41, 5.74) is 2.29. The van der Waals surface area contributed by atoms with Crippen LogP contribution in [0, 0.1) is 12.7 Å². The van der Waals surface area contributed by atoms with E-state index in [1.54, 1.807) is 24.3 Å². The van der Waals surface area contributed by atoms with Crippen molar-refractivity contribution in [2.24, 2.45) is 0 Å². The zero-order chi connectivity index (χ0) is 17.1. The van der Waals surface area contributed by atoms with Crippen LogP contribution in [-0.4, -0.2) is 10.8 Å². The fourth-order valence-corrected chi connectivity index (χ4v) is 3.38. The summed E-state index contributed by atoms with van der Waals surface area (Å²) < 4.78 is 13.8. The van der Waals surface area contributed by atoms with Crippen LogP contribution in [0.5, 0.6) is 0 Å². The van der Waals surface area contributed by atoms with Crippen molar-refractivity contribution in [2.75, 3.05) is 5.32 Å². The number of anilines is 1. The zero-order valence-corrected chi connectivity index (χ0v) is 15.2. The predicted molar refractivity (Wildman–Crippen MR) is 98.2 cm³/mol. The Morgan fingerprint density at radius 1 is 1.17 bits per heavy atom. The second kappa shape index (κ2) is 7.23. The lowest BCUT2D eigenvalue weighted by molar-refractivity contribution is 0.104. The maximum Gasteiger partial charge on any atom is 0.204 e. The van der Waals surface area contributed by atoms with Crippen molar-refractivity contribution in [1.29, 1.82) is 0 Å². The number of thiazole rings is 1. The smallest absolute Gasteiger partial charge is 0.204 e. The Balaban J connectivity index is 1.73. The molecular weight excluding hydrogens is 391 g/mol. The number of hydrogen-bond acceptors (Lipinski definition) is 4. The number of nitrogens with one attached hydrogen (secondary N) is 1. The lowest BCUT2D eigenvalue weighted by Gasteiger charge is -2.02. The van der Waals surface area contributed by atoms with Crippen molar-refractivity contribution in [1.82, 2.24) is 4.98 Å². The Kier molecular flexibility index (Phi) is 5.06. The van der Waals surface area contributed by atoms with E-state index in [4.69, 9.17) is 0 Å². The normalized spacial score (nSPS) is 10.6. The number of benzene rings is 2. The third-order valence-corrected chi connectivity index (χ3v) is 5.11. The molecule has 0 atom stereocenters. The summed E-state index contributed by atoms with van der Waals surface area (Å²) in [5, 5.41) is 3.86. The third-order valence-electron chi connectivity index (χ3n) is 3.47. The number of rotatable bonds is 5. The van der Waals surface area contributed by atoms with Gasteiger partial charge in [0.25, 0.3) is 0 Å². The molecule has 0 amide bonds. The van der Waals surface area contributed by atoms with Gasteiger partial charge in [-0.15, -0.1) is 0 Å². The molecule has 0 aliphatic heterocycles. The molecule has 0 saturated heterocycles. The van der Waals surface area contributed by atoms with E-state index in [0.717, 1.165) is 10.0 Å². The average Bonchev–Trinajstić information content (AvgIpc) is 2.95. The van der Waals surface area contributed by atoms with Crippen molar-refractivity contribution in [3.63, 3.8) is 0 Å². The molecule has 0 fully saturated rings. The molecule has 1 heterocycles. The number of carbonyl (C=O) groups excluding carboxylic acids is 1. The van der Waals surface area contributed by atoms with Gasteiger partial charge in [-0.05, 0) is 48.9 Å². The second-order valence-corrected chi connectivity index (χ2v) is 7.16. The van der Waals surface area contributed by atoms with Crippen LogP contribution in [0.1, 0.15) is 26.5 Å². The summed E-state index contributed by atoms with van der Waals surface area (Å²) in [5.74, 6) is -0.293. The molecular formula is C18H14BrFN2OS. The first kappa shape index (κ1) is 16.8. The molecule has 24 heavy (non-hydrogen) atoms. The number of aryl methyl sites for hydroxylation is 1. The number of halogens is 2. The van der Waals surface area contributed by atoms with Crippen molar-refractivity contribution in [2.45, 2.75) is 13.5 Å². The highest BCUT2D eigenvalue weighted by atomic mass is 79.9. The highest BCUT2D eigenvalue weighted by Crippen LogP contribution is 2.26. The van der Waals surface area contributed by atoms with Crippen molar-refractivity contribution in [3.05, 3.63) is 80.5 Å². The van der Waals surface area contributed by atoms with Crippen LogP contribution >= 0.6 is 27.3 Å². The number of ketones is 1. The molecule has 2 aromatic carbocycles. The molecule has 0 aliphatic rings. The summed E-state index contributed by atoms with van der Waals surface area (Å²) in [4.78, 5) is 17.6. The van der Waals surface area contributed by atoms with Gasteiger partial charge in [0.15, 0.2) is 5.13 Å². The van der Waals surface area contributed by atoms with Crippen LogP contribution in [-0.2, 0) is 6.54 Å². The van der Waals surface area contributed by atoms with Crippen LogP contribution in [0.15, 0.2) is 53.0 Å². The largest absolute Gasteiger partial charge is 0.357 e. The maximum atomic E-state index is 12.9. The topological polar surface area (TPSA) is 42.0 Å². The standard InChI is InChI=1S/C18H14BrFN2OS/c1-11-17(16(23)13-4-6-14(19)7-5-13)24-18(22-11)21-10-12-2-8-15(20)9-3-12/h2-9H,10H2,1H3,(H,21,22). The number of hydrogen-bond donors (Lipinski definition) is 1. The van der Waals surface area contributed by atoms with Gasteiger partial charge in [0.2, 0.25) is 5.78 Å². The molecule has 6 heteroatoms. The van der Waals surface area contributed by atoms with Crippen molar-refractivity contribution in [3.8, 4) is 0 Å². The van der Waals surface area contributed by atoms with E-state index in [0.29, 0.717) is 27.8 Å². The molecule has 3 rings (SSSR count). The van der Waals surface area contributed by atoms with Gasteiger partial charge in [-0.1, -0.05) is 39.4 Å². The Hall–Kier alpha value is -2.05. The van der Waals surface area contributed by atoms with E-state index < -0.39 is 0 Å². The first-order chi connectivity index (χ1) is 11.5. The van der Waals surface area contributed by atoms with E-state index in [2.05, 4.69) is 26.2 Å². The minimum atomic E-state index is -0.258. The Labute approximate surface area is 151 Å². The molecule has 0 saturated carbocycles. The van der Waals surface area contributed by atoms with Crippen molar-refractivity contribution >= 4 is 38.2 Å². The fraction of sp³-hybridized carbons (Fsp3) is 0.111. The molecule has 0 unspecified atom stereocenters. The molecule has 0 aliphatic carbocycles. The van der Waals surface area contributed by atoms with Gasteiger partial charge >= 0.3 is 0 Å². The third kappa shape index (κ3) is 3.88. The van der Waals surface area contributed by atoms with E-state index in [1.165, 1.54) is 23.5 Å². The summed E-state index contributed by atoms with van der Waals surface area (Å²) >= 11 is 4.69. The SMILES string of the molecule is Cc1nc(NCc2ccc(F)cc2)sc1C(=O)c1ccc(Br)cc1. The highest BCUT2D eigenvalue weighted by Gasteiger charge is 2.17. The van der Waals surface area contributed by atoms with Crippen LogP contribution in [0.4, 0.5) is 9.52 Å². The number of carbonyl (C=O) groups is 1. The Morgan fingerprint density at radius 2 is 1.83 bits per heavy atom. The monoisotopic (exact) mass is 404 g/mol. The lowest BCUT2D eigenvalue weighted by Crippen LogP contribution is -2.00. The van der Waals surface area contributed by atoms with Gasteiger partial charge in [-0.25, -0.2) is 9.37 Å². The van der Waals surface area contributed by atoms with E-state index in [9.17, 15) is 9.18 Å². The minimum Gasteiger partial charge on any atom is -0.357 e.